The van der Waals surface area contributed by atoms with Crippen LogP contribution < -0.4 is 4.90 Å². The maximum Gasteiger partial charge on any atom is 0.277 e. The van der Waals surface area contributed by atoms with E-state index in [2.05, 4.69) is 28.9 Å². The Morgan fingerprint density at radius 1 is 1.14 bits per heavy atom. The summed E-state index contributed by atoms with van der Waals surface area (Å²) in [5.41, 5.74) is 2.92. The highest BCUT2D eigenvalue weighted by atomic mass is 32.2. The van der Waals surface area contributed by atoms with Crippen LogP contribution in [0.2, 0.25) is 0 Å². The second kappa shape index (κ2) is 8.88. The molecular formula is C20H22N4O3S. The zero-order chi connectivity index (χ0) is 20.1. The molecule has 0 amide bonds. The second-order valence-corrected chi connectivity index (χ2v) is 7.50. The molecule has 28 heavy (non-hydrogen) atoms. The lowest BCUT2D eigenvalue weighted by atomic mass is 10.1. The van der Waals surface area contributed by atoms with E-state index in [9.17, 15) is 10.1 Å². The highest BCUT2D eigenvalue weighted by Gasteiger charge is 2.16. The Morgan fingerprint density at radius 2 is 1.86 bits per heavy atom. The van der Waals surface area contributed by atoms with Gasteiger partial charge in [0.05, 0.1) is 4.92 Å². The van der Waals surface area contributed by atoms with Gasteiger partial charge in [-0.1, -0.05) is 23.9 Å². The van der Waals surface area contributed by atoms with Crippen molar-refractivity contribution >= 4 is 23.1 Å². The van der Waals surface area contributed by atoms with Crippen molar-refractivity contribution in [3.05, 3.63) is 64.2 Å². The van der Waals surface area contributed by atoms with E-state index in [1.807, 2.05) is 37.3 Å². The predicted molar refractivity (Wildman–Crippen MR) is 111 cm³/mol. The fraction of sp³-hybridized carbons (Fsp3) is 0.300. The molecule has 1 unspecified atom stereocenters. The lowest BCUT2D eigenvalue weighted by molar-refractivity contribution is -0.384. The van der Waals surface area contributed by atoms with Gasteiger partial charge >= 0.3 is 0 Å². The minimum absolute atomic E-state index is 0.0572. The van der Waals surface area contributed by atoms with E-state index < -0.39 is 4.92 Å². The lowest BCUT2D eigenvalue weighted by Gasteiger charge is -2.20. The van der Waals surface area contributed by atoms with Gasteiger partial charge in [0.15, 0.2) is 0 Å². The molecule has 7 nitrogen and oxygen atoms in total. The summed E-state index contributed by atoms with van der Waals surface area (Å²) < 4.78 is 5.79. The Kier molecular flexibility index (Phi) is 6.30. The molecule has 0 saturated carbocycles. The summed E-state index contributed by atoms with van der Waals surface area (Å²) >= 11 is 1.38. The number of thioether (sulfide) groups is 1. The van der Waals surface area contributed by atoms with Gasteiger partial charge in [-0.3, -0.25) is 10.1 Å². The van der Waals surface area contributed by atoms with Crippen molar-refractivity contribution in [1.82, 2.24) is 10.2 Å². The quantitative estimate of drug-likeness (QED) is 0.287. The number of nitro benzene ring substituents is 1. The van der Waals surface area contributed by atoms with Crippen molar-refractivity contribution in [1.29, 1.82) is 0 Å². The van der Waals surface area contributed by atoms with Crippen LogP contribution in [0.1, 0.15) is 31.6 Å². The molecule has 0 aliphatic heterocycles. The molecule has 8 heteroatoms. The highest BCUT2D eigenvalue weighted by molar-refractivity contribution is 7.99. The molecule has 0 aliphatic rings. The largest absolute Gasteiger partial charge is 0.411 e. The standard InChI is InChI=1S/C20H22N4O3S/c1-4-23(5-2)17-11-9-15(10-12-17)19-21-22-20(27-19)28-14(3)16-7-6-8-18(13-16)24(25)26/h6-14H,4-5H2,1-3H3. The van der Waals surface area contributed by atoms with Crippen LogP contribution in [0.4, 0.5) is 11.4 Å². The Labute approximate surface area is 167 Å². The summed E-state index contributed by atoms with van der Waals surface area (Å²) in [6.07, 6.45) is 0. The fourth-order valence-corrected chi connectivity index (χ4v) is 3.69. The third kappa shape index (κ3) is 4.51. The number of hydrogen-bond donors (Lipinski definition) is 0. The number of anilines is 1. The zero-order valence-electron chi connectivity index (χ0n) is 16.0. The molecule has 2 aromatic carbocycles. The Hall–Kier alpha value is -2.87. The van der Waals surface area contributed by atoms with Crippen molar-refractivity contribution in [3.8, 4) is 11.5 Å². The number of non-ortho nitro benzene ring substituents is 1. The van der Waals surface area contributed by atoms with Crippen molar-refractivity contribution in [2.75, 3.05) is 18.0 Å². The van der Waals surface area contributed by atoms with Crippen LogP contribution in [0.15, 0.2) is 58.2 Å². The number of benzene rings is 2. The average molecular weight is 398 g/mol. The number of nitro groups is 1. The summed E-state index contributed by atoms with van der Waals surface area (Å²) in [5.74, 6) is 0.458. The molecule has 0 N–H and O–H groups in total. The summed E-state index contributed by atoms with van der Waals surface area (Å²) in [7, 11) is 0. The number of rotatable bonds is 8. The fourth-order valence-electron chi connectivity index (χ4n) is 2.89. The van der Waals surface area contributed by atoms with Gasteiger partial charge in [0.2, 0.25) is 5.89 Å². The number of nitrogens with zero attached hydrogens (tertiary/aromatic N) is 4. The monoisotopic (exact) mass is 398 g/mol. The first kappa shape index (κ1) is 19.9. The minimum atomic E-state index is -0.395. The van der Waals surface area contributed by atoms with E-state index in [1.165, 1.54) is 17.8 Å². The molecule has 0 bridgehead atoms. The summed E-state index contributed by atoms with van der Waals surface area (Å²) in [4.78, 5) is 12.8. The molecule has 0 fully saturated rings. The van der Waals surface area contributed by atoms with Gasteiger partial charge in [-0.2, -0.15) is 0 Å². The minimum Gasteiger partial charge on any atom is -0.411 e. The van der Waals surface area contributed by atoms with Crippen molar-refractivity contribution in [3.63, 3.8) is 0 Å². The Balaban J connectivity index is 1.72. The topological polar surface area (TPSA) is 85.3 Å². The molecule has 3 aromatic rings. The van der Waals surface area contributed by atoms with Gasteiger partial charge in [-0.25, -0.2) is 0 Å². The van der Waals surface area contributed by atoms with Crippen molar-refractivity contribution < 1.29 is 9.34 Å². The van der Waals surface area contributed by atoms with Crippen LogP contribution in [0.5, 0.6) is 0 Å². The number of hydrogen-bond acceptors (Lipinski definition) is 7. The van der Waals surface area contributed by atoms with E-state index in [1.54, 1.807) is 12.1 Å². The van der Waals surface area contributed by atoms with Crippen LogP contribution in [-0.4, -0.2) is 28.2 Å². The smallest absolute Gasteiger partial charge is 0.277 e. The molecule has 1 atom stereocenters. The van der Waals surface area contributed by atoms with E-state index in [-0.39, 0.29) is 10.9 Å². The molecule has 0 spiro atoms. The molecule has 1 heterocycles. The first-order valence-corrected chi connectivity index (χ1v) is 9.99. The Bertz CT molecular complexity index is 939. The van der Waals surface area contributed by atoms with Crippen LogP contribution in [0.25, 0.3) is 11.5 Å². The van der Waals surface area contributed by atoms with Crippen molar-refractivity contribution in [2.45, 2.75) is 31.2 Å². The molecule has 1 aromatic heterocycles. The maximum absolute atomic E-state index is 11.0. The third-order valence-corrected chi connectivity index (χ3v) is 5.47. The second-order valence-electron chi connectivity index (χ2n) is 6.20. The molecule has 3 rings (SSSR count). The first-order valence-electron chi connectivity index (χ1n) is 9.11. The van der Waals surface area contributed by atoms with Crippen LogP contribution in [-0.2, 0) is 0 Å². The normalized spacial score (nSPS) is 12.0. The van der Waals surface area contributed by atoms with Crippen LogP contribution in [0.3, 0.4) is 0 Å². The van der Waals surface area contributed by atoms with E-state index in [0.29, 0.717) is 11.1 Å². The lowest BCUT2D eigenvalue weighted by Crippen LogP contribution is -2.21. The van der Waals surface area contributed by atoms with E-state index in [0.717, 1.165) is 29.9 Å². The average Bonchev–Trinajstić information content (AvgIpc) is 3.18. The van der Waals surface area contributed by atoms with E-state index >= 15 is 0 Å². The van der Waals surface area contributed by atoms with Gasteiger partial charge in [0.1, 0.15) is 0 Å². The van der Waals surface area contributed by atoms with Gasteiger partial charge in [-0.05, 0) is 50.6 Å². The number of aromatic nitrogens is 2. The Morgan fingerprint density at radius 3 is 2.50 bits per heavy atom. The summed E-state index contributed by atoms with van der Waals surface area (Å²) in [6, 6.07) is 14.6. The summed E-state index contributed by atoms with van der Waals surface area (Å²) in [5, 5.41) is 19.6. The zero-order valence-corrected chi connectivity index (χ0v) is 16.8. The summed E-state index contributed by atoms with van der Waals surface area (Å²) in [6.45, 7) is 8.11. The molecular weight excluding hydrogens is 376 g/mol. The van der Waals surface area contributed by atoms with Crippen LogP contribution >= 0.6 is 11.8 Å². The molecule has 0 aliphatic carbocycles. The van der Waals surface area contributed by atoms with Crippen LogP contribution in [0, 0.1) is 10.1 Å². The van der Waals surface area contributed by atoms with Gasteiger partial charge in [-0.15, -0.1) is 10.2 Å². The van der Waals surface area contributed by atoms with Crippen molar-refractivity contribution in [2.24, 2.45) is 0 Å². The van der Waals surface area contributed by atoms with Gasteiger partial charge in [0.25, 0.3) is 10.9 Å². The highest BCUT2D eigenvalue weighted by Crippen LogP contribution is 2.36. The predicted octanol–water partition coefficient (Wildman–Crippen LogP) is 5.34. The molecule has 146 valence electrons. The van der Waals surface area contributed by atoms with Gasteiger partial charge in [0, 0.05) is 41.7 Å². The van der Waals surface area contributed by atoms with E-state index in [4.69, 9.17) is 4.42 Å². The molecule has 0 saturated heterocycles. The molecule has 0 radical (unpaired) electrons. The van der Waals surface area contributed by atoms with Gasteiger partial charge < -0.3 is 9.32 Å². The first-order chi connectivity index (χ1) is 13.5. The third-order valence-electron chi connectivity index (χ3n) is 4.48. The maximum atomic E-state index is 11.0. The SMILES string of the molecule is CCN(CC)c1ccc(-c2nnc(SC(C)c3cccc([N+](=O)[O-])c3)o2)cc1.